The number of benzene rings is 1. The lowest BCUT2D eigenvalue weighted by Gasteiger charge is -2.25. The van der Waals surface area contributed by atoms with Gasteiger partial charge in [0, 0.05) is 28.6 Å². The molecule has 1 N–H and O–H groups in total. The summed E-state index contributed by atoms with van der Waals surface area (Å²) >= 11 is 1.69. The van der Waals surface area contributed by atoms with Crippen molar-refractivity contribution in [2.45, 2.75) is 19.4 Å². The maximum absolute atomic E-state index is 10.7. The van der Waals surface area contributed by atoms with Crippen LogP contribution in [0.2, 0.25) is 0 Å². The Morgan fingerprint density at radius 3 is 2.88 bits per heavy atom. The number of anilines is 1. The van der Waals surface area contributed by atoms with E-state index in [2.05, 4.69) is 17.5 Å². The molecule has 0 aliphatic rings. The maximum atomic E-state index is 10.7. The molecule has 0 saturated carbocycles. The normalized spacial score (nSPS) is 12.6. The molecule has 2 rings (SSSR count). The maximum Gasteiger partial charge on any atom is 0.305 e. The van der Waals surface area contributed by atoms with Crippen LogP contribution in [0.25, 0.3) is 10.1 Å². The standard InChI is InChI=1S/C13H15NO2S/c1-9(7-13(15)16)14(2)11-8-17-12-6-4-3-5-10(11)12/h3-6,8-9H,7H2,1-2H3,(H,15,16). The third-order valence-electron chi connectivity index (χ3n) is 2.97. The van der Waals surface area contributed by atoms with Crippen molar-refractivity contribution in [2.24, 2.45) is 0 Å². The minimum Gasteiger partial charge on any atom is -0.481 e. The lowest BCUT2D eigenvalue weighted by molar-refractivity contribution is -0.137. The molecule has 90 valence electrons. The van der Waals surface area contributed by atoms with Crippen LogP contribution in [0.5, 0.6) is 0 Å². The highest BCUT2D eigenvalue weighted by Gasteiger charge is 2.16. The Kier molecular flexibility index (Phi) is 3.33. The van der Waals surface area contributed by atoms with E-state index in [1.54, 1.807) is 11.3 Å². The summed E-state index contributed by atoms with van der Waals surface area (Å²) in [5, 5.41) is 12.1. The molecule has 0 bridgehead atoms. The van der Waals surface area contributed by atoms with Crippen molar-refractivity contribution in [3.05, 3.63) is 29.6 Å². The van der Waals surface area contributed by atoms with Crippen LogP contribution in [-0.4, -0.2) is 24.2 Å². The minimum absolute atomic E-state index is 0.00879. The fraction of sp³-hybridized carbons (Fsp3) is 0.308. The topological polar surface area (TPSA) is 40.5 Å². The van der Waals surface area contributed by atoms with Gasteiger partial charge in [0.05, 0.1) is 12.1 Å². The van der Waals surface area contributed by atoms with Crippen LogP contribution in [0.3, 0.4) is 0 Å². The van der Waals surface area contributed by atoms with Crippen molar-refractivity contribution in [3.63, 3.8) is 0 Å². The number of hydrogen-bond donors (Lipinski definition) is 1. The second kappa shape index (κ2) is 4.75. The Bertz CT molecular complexity index is 535. The molecule has 0 fully saturated rings. The molecule has 1 unspecified atom stereocenters. The zero-order valence-corrected chi connectivity index (χ0v) is 10.7. The van der Waals surface area contributed by atoms with E-state index in [9.17, 15) is 4.79 Å². The van der Waals surface area contributed by atoms with Gasteiger partial charge < -0.3 is 10.0 Å². The Labute approximate surface area is 104 Å². The highest BCUT2D eigenvalue weighted by Crippen LogP contribution is 2.33. The van der Waals surface area contributed by atoms with Crippen LogP contribution in [-0.2, 0) is 4.79 Å². The quantitative estimate of drug-likeness (QED) is 0.904. The highest BCUT2D eigenvalue weighted by atomic mass is 32.1. The summed E-state index contributed by atoms with van der Waals surface area (Å²) in [5.74, 6) is -0.760. The lowest BCUT2D eigenvalue weighted by atomic mass is 10.1. The molecule has 3 nitrogen and oxygen atoms in total. The van der Waals surface area contributed by atoms with Crippen molar-refractivity contribution >= 4 is 33.1 Å². The summed E-state index contributed by atoms with van der Waals surface area (Å²) in [5.41, 5.74) is 1.11. The van der Waals surface area contributed by atoms with Crippen LogP contribution < -0.4 is 4.90 Å². The molecule has 4 heteroatoms. The van der Waals surface area contributed by atoms with Crippen LogP contribution in [0.1, 0.15) is 13.3 Å². The van der Waals surface area contributed by atoms with E-state index < -0.39 is 5.97 Å². The second-order valence-corrected chi connectivity index (χ2v) is 5.09. The van der Waals surface area contributed by atoms with E-state index in [0.29, 0.717) is 0 Å². The van der Waals surface area contributed by atoms with Gasteiger partial charge in [-0.2, -0.15) is 0 Å². The van der Waals surface area contributed by atoms with Crippen LogP contribution in [0.4, 0.5) is 5.69 Å². The summed E-state index contributed by atoms with van der Waals surface area (Å²) in [7, 11) is 1.95. The number of hydrogen-bond acceptors (Lipinski definition) is 3. The van der Waals surface area contributed by atoms with Crippen molar-refractivity contribution in [2.75, 3.05) is 11.9 Å². The molecule has 0 saturated heterocycles. The Morgan fingerprint density at radius 2 is 2.18 bits per heavy atom. The van der Waals surface area contributed by atoms with Crippen LogP contribution >= 0.6 is 11.3 Å². The molecule has 1 aromatic carbocycles. The third-order valence-corrected chi connectivity index (χ3v) is 3.92. The zero-order chi connectivity index (χ0) is 12.4. The first-order chi connectivity index (χ1) is 8.09. The number of carboxylic acid groups (broad SMARTS) is 1. The average Bonchev–Trinajstić information content (AvgIpc) is 2.70. The van der Waals surface area contributed by atoms with Crippen molar-refractivity contribution in [1.29, 1.82) is 0 Å². The van der Waals surface area contributed by atoms with E-state index >= 15 is 0 Å². The number of carbonyl (C=O) groups is 1. The van der Waals surface area contributed by atoms with Crippen LogP contribution in [0, 0.1) is 0 Å². The summed E-state index contributed by atoms with van der Waals surface area (Å²) in [4.78, 5) is 12.8. The molecule has 0 aliphatic heterocycles. The van der Waals surface area contributed by atoms with E-state index in [1.165, 1.54) is 10.1 Å². The number of aliphatic carboxylic acids is 1. The summed E-state index contributed by atoms with van der Waals surface area (Å²) in [6, 6.07) is 8.17. The van der Waals surface area contributed by atoms with E-state index in [0.717, 1.165) is 5.69 Å². The first kappa shape index (κ1) is 11.9. The van der Waals surface area contributed by atoms with Gasteiger partial charge in [0.2, 0.25) is 0 Å². The van der Waals surface area contributed by atoms with Gasteiger partial charge in [0.15, 0.2) is 0 Å². The molecule has 2 aromatic rings. The number of thiophene rings is 1. The average molecular weight is 249 g/mol. The molecule has 1 aromatic heterocycles. The van der Waals surface area contributed by atoms with Gasteiger partial charge >= 0.3 is 5.97 Å². The largest absolute Gasteiger partial charge is 0.481 e. The van der Waals surface area contributed by atoms with Gasteiger partial charge in [-0.3, -0.25) is 4.79 Å². The first-order valence-corrected chi connectivity index (χ1v) is 6.38. The molecule has 1 atom stereocenters. The molecular formula is C13H15NO2S. The molecule has 1 heterocycles. The first-order valence-electron chi connectivity index (χ1n) is 5.50. The summed E-state index contributed by atoms with van der Waals surface area (Å²) in [6.45, 7) is 1.93. The molecule has 0 aliphatic carbocycles. The zero-order valence-electron chi connectivity index (χ0n) is 9.88. The van der Waals surface area contributed by atoms with Gasteiger partial charge in [-0.25, -0.2) is 0 Å². The summed E-state index contributed by atoms with van der Waals surface area (Å²) in [6.07, 6.45) is 0.153. The van der Waals surface area contributed by atoms with Gasteiger partial charge in [0.1, 0.15) is 0 Å². The Balaban J connectivity index is 2.30. The second-order valence-electron chi connectivity index (χ2n) is 4.17. The minimum atomic E-state index is -0.760. The van der Waals surface area contributed by atoms with Gasteiger partial charge in [0.25, 0.3) is 0 Å². The van der Waals surface area contributed by atoms with Crippen molar-refractivity contribution in [3.8, 4) is 0 Å². The fourth-order valence-electron chi connectivity index (χ4n) is 1.86. The van der Waals surface area contributed by atoms with Gasteiger partial charge in [-0.1, -0.05) is 18.2 Å². The molecule has 0 amide bonds. The molecule has 0 spiro atoms. The Morgan fingerprint density at radius 1 is 1.47 bits per heavy atom. The van der Waals surface area contributed by atoms with Crippen molar-refractivity contribution < 1.29 is 9.90 Å². The van der Waals surface area contributed by atoms with Crippen LogP contribution in [0.15, 0.2) is 29.6 Å². The van der Waals surface area contributed by atoms with Gasteiger partial charge in [-0.15, -0.1) is 11.3 Å². The molecular weight excluding hydrogens is 234 g/mol. The predicted octanol–water partition coefficient (Wildman–Crippen LogP) is 3.20. The number of carboxylic acids is 1. The fourth-order valence-corrected chi connectivity index (χ4v) is 2.85. The molecule has 0 radical (unpaired) electrons. The molecule has 17 heavy (non-hydrogen) atoms. The van der Waals surface area contributed by atoms with Gasteiger partial charge in [-0.05, 0) is 13.0 Å². The van der Waals surface area contributed by atoms with Crippen molar-refractivity contribution in [1.82, 2.24) is 0 Å². The van der Waals surface area contributed by atoms with E-state index in [1.807, 2.05) is 31.0 Å². The van der Waals surface area contributed by atoms with E-state index in [4.69, 9.17) is 5.11 Å². The summed E-state index contributed by atoms with van der Waals surface area (Å²) < 4.78 is 1.23. The lowest BCUT2D eigenvalue weighted by Crippen LogP contribution is -2.30. The van der Waals surface area contributed by atoms with E-state index in [-0.39, 0.29) is 12.5 Å². The number of fused-ring (bicyclic) bond motifs is 1. The Hall–Kier alpha value is -1.55. The SMILES string of the molecule is CC(CC(=O)O)N(C)c1csc2ccccc12. The third kappa shape index (κ3) is 2.42. The smallest absolute Gasteiger partial charge is 0.305 e. The number of rotatable bonds is 4. The highest BCUT2D eigenvalue weighted by molar-refractivity contribution is 7.17. The predicted molar refractivity (Wildman–Crippen MR) is 71.9 cm³/mol. The number of nitrogens with zero attached hydrogens (tertiary/aromatic N) is 1. The monoisotopic (exact) mass is 249 g/mol.